The van der Waals surface area contributed by atoms with E-state index in [1.165, 1.54) is 0 Å². The maximum Gasteiger partial charge on any atom is 0.224 e. The first-order valence-corrected chi connectivity index (χ1v) is 17.8. The number of carbonyl (C=O) groups is 2. The summed E-state index contributed by atoms with van der Waals surface area (Å²) < 4.78 is 0. The highest BCUT2D eigenvalue weighted by Gasteiger charge is 2.39. The van der Waals surface area contributed by atoms with E-state index in [0.717, 1.165) is 49.9 Å². The average molecular weight is 717 g/mol. The molecule has 7 N–H and O–H groups in total. The van der Waals surface area contributed by atoms with Crippen LogP contribution in [-0.4, -0.2) is 78.5 Å². The van der Waals surface area contributed by atoms with Crippen molar-refractivity contribution in [1.82, 2.24) is 15.1 Å². The number of benzene rings is 2. The summed E-state index contributed by atoms with van der Waals surface area (Å²) in [5.41, 5.74) is 20.3. The van der Waals surface area contributed by atoms with Gasteiger partial charge in [0.25, 0.3) is 0 Å². The molecule has 2 aromatic rings. The monoisotopic (exact) mass is 714 g/mol. The molecule has 256 valence electrons. The highest BCUT2D eigenvalue weighted by atomic mass is 35.5. The molecule has 0 radical (unpaired) electrons. The van der Waals surface area contributed by atoms with Crippen LogP contribution in [0, 0.1) is 5.92 Å². The minimum atomic E-state index is -0.409. The summed E-state index contributed by atoms with van der Waals surface area (Å²) >= 11 is 24.9. The Kier molecular flexibility index (Phi) is 16.4. The fraction of sp³-hybridized carbons (Fsp3) is 0.588. The van der Waals surface area contributed by atoms with Gasteiger partial charge in [-0.3, -0.25) is 9.59 Å². The van der Waals surface area contributed by atoms with Crippen molar-refractivity contribution < 1.29 is 9.59 Å². The van der Waals surface area contributed by atoms with Crippen LogP contribution >= 0.6 is 46.4 Å². The van der Waals surface area contributed by atoms with Gasteiger partial charge in [0.1, 0.15) is 0 Å². The van der Waals surface area contributed by atoms with Crippen LogP contribution in [0.1, 0.15) is 63.5 Å². The second-order valence-electron chi connectivity index (χ2n) is 12.9. The number of rotatable bonds is 17. The van der Waals surface area contributed by atoms with E-state index >= 15 is 0 Å². The molecule has 1 saturated heterocycles. The first-order chi connectivity index (χ1) is 21.9. The molecule has 2 aromatic carbocycles. The highest BCUT2D eigenvalue weighted by molar-refractivity contribution is 6.35. The molecule has 46 heavy (non-hydrogen) atoms. The molecule has 0 aromatic heterocycles. The lowest BCUT2D eigenvalue weighted by atomic mass is 9.93. The maximum atomic E-state index is 13.9. The first-order valence-electron chi connectivity index (χ1n) is 16.3. The minimum Gasteiger partial charge on any atom is -0.336 e. The van der Waals surface area contributed by atoms with Crippen molar-refractivity contribution in [2.75, 3.05) is 32.7 Å². The smallest absolute Gasteiger partial charge is 0.224 e. The number of hydrogen-bond donors (Lipinski definition) is 4. The maximum absolute atomic E-state index is 13.9. The molecule has 1 heterocycles. The van der Waals surface area contributed by atoms with Crippen LogP contribution in [-0.2, 0) is 22.4 Å². The number of nitrogens with two attached hydrogens (primary N) is 3. The summed E-state index contributed by atoms with van der Waals surface area (Å²) in [6, 6.07) is 9.58. The minimum absolute atomic E-state index is 0.000899. The third-order valence-corrected chi connectivity index (χ3v) is 9.58. The number of carbonyl (C=O) groups excluding carboxylic acids is 2. The predicted octanol–water partition coefficient (Wildman–Crippen LogP) is 5.69. The number of nitrogens with one attached hydrogen (secondary N) is 1. The normalized spacial score (nSPS) is 18.2. The summed E-state index contributed by atoms with van der Waals surface area (Å²) in [6.07, 6.45) is 4.70. The number of halogens is 4. The van der Waals surface area contributed by atoms with Gasteiger partial charge in [-0.2, -0.15) is 0 Å². The molecule has 1 aliphatic rings. The zero-order chi connectivity index (χ0) is 33.8. The van der Waals surface area contributed by atoms with Crippen LogP contribution in [0.25, 0.3) is 0 Å². The number of amides is 2. The van der Waals surface area contributed by atoms with E-state index in [-0.39, 0.29) is 36.7 Å². The molecule has 12 heteroatoms. The van der Waals surface area contributed by atoms with Crippen molar-refractivity contribution in [3.05, 3.63) is 67.6 Å². The van der Waals surface area contributed by atoms with Crippen molar-refractivity contribution in [2.45, 2.75) is 89.4 Å². The van der Waals surface area contributed by atoms with E-state index in [1.54, 1.807) is 24.3 Å². The molecule has 8 nitrogen and oxygen atoms in total. The Bertz CT molecular complexity index is 1280. The topological polar surface area (TPSA) is 131 Å². The Morgan fingerprint density at radius 3 is 1.78 bits per heavy atom. The predicted molar refractivity (Wildman–Crippen MR) is 192 cm³/mol. The average Bonchev–Trinajstić information content (AvgIpc) is 2.97. The Hall–Kier alpha value is -1.62. The Balaban J connectivity index is 1.74. The molecular formula is C34H50Cl4N6O2. The van der Waals surface area contributed by atoms with Crippen molar-refractivity contribution >= 4 is 58.2 Å². The molecule has 4 atom stereocenters. The lowest BCUT2D eigenvalue weighted by Gasteiger charge is -2.47. The molecule has 0 bridgehead atoms. The quantitative estimate of drug-likeness (QED) is 0.156. The first kappa shape index (κ1) is 38.8. The molecule has 0 aliphatic carbocycles. The van der Waals surface area contributed by atoms with E-state index in [2.05, 4.69) is 19.2 Å². The number of unbranched alkanes of at least 4 members (excludes halogenated alkanes) is 1. The van der Waals surface area contributed by atoms with Gasteiger partial charge in [-0.25, -0.2) is 0 Å². The van der Waals surface area contributed by atoms with Crippen molar-refractivity contribution in [3.8, 4) is 0 Å². The highest BCUT2D eigenvalue weighted by Crippen LogP contribution is 2.28. The van der Waals surface area contributed by atoms with E-state index in [9.17, 15) is 9.59 Å². The van der Waals surface area contributed by atoms with Gasteiger partial charge in [0.2, 0.25) is 11.8 Å². The van der Waals surface area contributed by atoms with E-state index in [4.69, 9.17) is 63.6 Å². The molecule has 0 unspecified atom stereocenters. The Morgan fingerprint density at radius 2 is 1.30 bits per heavy atom. The zero-order valence-electron chi connectivity index (χ0n) is 27.0. The zero-order valence-corrected chi connectivity index (χ0v) is 30.0. The van der Waals surface area contributed by atoms with E-state index in [1.807, 2.05) is 21.9 Å². The van der Waals surface area contributed by atoms with Crippen LogP contribution < -0.4 is 22.5 Å². The third-order valence-electron chi connectivity index (χ3n) is 8.41. The van der Waals surface area contributed by atoms with Crippen LogP contribution in [0.2, 0.25) is 20.1 Å². The van der Waals surface area contributed by atoms with Gasteiger partial charge < -0.3 is 32.3 Å². The Morgan fingerprint density at radius 1 is 0.804 bits per heavy atom. The Labute approximate surface area is 294 Å². The van der Waals surface area contributed by atoms with Crippen LogP contribution in [0.15, 0.2) is 36.4 Å². The van der Waals surface area contributed by atoms with Crippen molar-refractivity contribution in [1.29, 1.82) is 0 Å². The SMILES string of the molecule is CC(C)C[C@@H]1CN(C(=O)C[C@H](N)Cc2ccc(Cl)cc2Cl)[C@@H](CCCCNCCN)CN1C(=O)C[C@H](N)Cc1ccc(Cl)cc1Cl. The molecule has 0 spiro atoms. The van der Waals surface area contributed by atoms with Gasteiger partial charge in [0.15, 0.2) is 0 Å². The second-order valence-corrected chi connectivity index (χ2v) is 14.6. The summed E-state index contributed by atoms with van der Waals surface area (Å²) in [5.74, 6) is 0.330. The largest absolute Gasteiger partial charge is 0.336 e. The fourth-order valence-electron chi connectivity index (χ4n) is 6.18. The third kappa shape index (κ3) is 12.4. The molecule has 0 saturated carbocycles. The van der Waals surface area contributed by atoms with Gasteiger partial charge in [-0.15, -0.1) is 0 Å². The summed E-state index contributed by atoms with van der Waals surface area (Å²) in [7, 11) is 0. The molecule has 2 amide bonds. The summed E-state index contributed by atoms with van der Waals surface area (Å²) in [5, 5.41) is 5.52. The lowest BCUT2D eigenvalue weighted by molar-refractivity contribution is -0.148. The van der Waals surface area contributed by atoms with Crippen molar-refractivity contribution in [2.24, 2.45) is 23.1 Å². The van der Waals surface area contributed by atoms with Crippen LogP contribution in [0.4, 0.5) is 0 Å². The number of piperazine rings is 1. The van der Waals surface area contributed by atoms with Gasteiger partial charge in [0.05, 0.1) is 0 Å². The van der Waals surface area contributed by atoms with Crippen LogP contribution in [0.5, 0.6) is 0 Å². The number of nitrogens with zero attached hydrogens (tertiary/aromatic N) is 2. The summed E-state index contributed by atoms with van der Waals surface area (Å²) in [6.45, 7) is 7.41. The fourth-order valence-corrected chi connectivity index (χ4v) is 7.15. The van der Waals surface area contributed by atoms with E-state index < -0.39 is 12.1 Å². The van der Waals surface area contributed by atoms with Crippen molar-refractivity contribution in [3.63, 3.8) is 0 Å². The van der Waals surface area contributed by atoms with E-state index in [0.29, 0.717) is 58.5 Å². The lowest BCUT2D eigenvalue weighted by Crippen LogP contribution is -2.62. The summed E-state index contributed by atoms with van der Waals surface area (Å²) in [4.78, 5) is 31.7. The van der Waals surface area contributed by atoms with Gasteiger partial charge in [0, 0.05) is 83.3 Å². The molecule has 1 fully saturated rings. The van der Waals surface area contributed by atoms with Crippen LogP contribution in [0.3, 0.4) is 0 Å². The molecule has 3 rings (SSSR count). The van der Waals surface area contributed by atoms with Gasteiger partial charge in [-0.1, -0.05) is 78.8 Å². The molecular weight excluding hydrogens is 666 g/mol. The second kappa shape index (κ2) is 19.4. The van der Waals surface area contributed by atoms with Gasteiger partial charge >= 0.3 is 0 Å². The standard InChI is InChI=1S/C34H50Cl4N6O2/c1-22(2)13-30-21-43(33(45)18-27(40)14-23-6-8-25(35)16-31(23)37)29(5-3-4-11-42-12-10-39)20-44(30)34(46)19-28(41)15-24-7-9-26(36)17-32(24)38/h6-9,16-17,22,27-30,42H,3-5,10-15,18-21,39-41H2,1-2H3/t27-,28-,29+,30-/m1/s1. The number of hydrogen-bond acceptors (Lipinski definition) is 6. The van der Waals surface area contributed by atoms with Gasteiger partial charge in [-0.05, 0) is 80.0 Å². The molecule has 1 aliphatic heterocycles.